The van der Waals surface area contributed by atoms with Crippen LogP contribution in [-0.2, 0) is 0 Å². The highest BCUT2D eigenvalue weighted by Crippen LogP contribution is 2.66. The zero-order chi connectivity index (χ0) is 21.0. The van der Waals surface area contributed by atoms with Gasteiger partial charge in [-0.15, -0.1) is 0 Å². The Kier molecular flexibility index (Phi) is 5.86. The van der Waals surface area contributed by atoms with Crippen LogP contribution >= 0.6 is 0 Å². The van der Waals surface area contributed by atoms with E-state index in [0.29, 0.717) is 16.7 Å². The molecule has 4 aliphatic rings. The molecule has 0 amide bonds. The molecule has 0 aromatic carbocycles. The molecular formula is C28H46O. The second-order valence-corrected chi connectivity index (χ2v) is 12.2. The first-order chi connectivity index (χ1) is 13.7. The highest BCUT2D eigenvalue weighted by molar-refractivity contribution is 5.27. The van der Waals surface area contributed by atoms with E-state index in [1.54, 1.807) is 5.57 Å². The summed E-state index contributed by atoms with van der Waals surface area (Å²) in [6, 6.07) is 0. The highest BCUT2D eigenvalue weighted by Gasteiger charge is 2.58. The molecule has 0 radical (unpaired) electrons. The van der Waals surface area contributed by atoms with E-state index in [9.17, 15) is 5.11 Å². The Morgan fingerprint density at radius 2 is 1.72 bits per heavy atom. The van der Waals surface area contributed by atoms with E-state index in [4.69, 9.17) is 0 Å². The van der Waals surface area contributed by atoms with Crippen molar-refractivity contribution in [3.63, 3.8) is 0 Å². The molecule has 0 heterocycles. The number of rotatable bonds is 4. The van der Waals surface area contributed by atoms with Crippen LogP contribution in [0.25, 0.3) is 0 Å². The second-order valence-electron chi connectivity index (χ2n) is 12.2. The molecule has 1 heteroatoms. The molecule has 1 unspecified atom stereocenters. The summed E-state index contributed by atoms with van der Waals surface area (Å²) in [7, 11) is 0. The van der Waals surface area contributed by atoms with Crippen LogP contribution in [-0.4, -0.2) is 11.2 Å². The number of allylic oxidation sites excluding steroid dienone is 4. The van der Waals surface area contributed by atoms with Crippen molar-refractivity contribution >= 4 is 0 Å². The average Bonchev–Trinajstić information content (AvgIpc) is 3.03. The van der Waals surface area contributed by atoms with Crippen molar-refractivity contribution in [2.24, 2.45) is 40.4 Å². The van der Waals surface area contributed by atoms with Crippen LogP contribution in [0.4, 0.5) is 0 Å². The molecule has 0 aromatic rings. The molecule has 0 saturated heterocycles. The fourth-order valence-corrected chi connectivity index (χ4v) is 8.36. The lowest BCUT2D eigenvalue weighted by Crippen LogP contribution is -2.49. The van der Waals surface area contributed by atoms with Crippen molar-refractivity contribution in [3.8, 4) is 0 Å². The van der Waals surface area contributed by atoms with Gasteiger partial charge in [-0.05, 0) is 125 Å². The van der Waals surface area contributed by atoms with Gasteiger partial charge in [0.1, 0.15) is 0 Å². The van der Waals surface area contributed by atoms with Crippen molar-refractivity contribution in [1.82, 2.24) is 0 Å². The van der Waals surface area contributed by atoms with E-state index in [1.165, 1.54) is 56.9 Å². The van der Waals surface area contributed by atoms with Crippen molar-refractivity contribution in [1.29, 1.82) is 0 Å². The minimum Gasteiger partial charge on any atom is -0.393 e. The number of hydrogen-bond acceptors (Lipinski definition) is 1. The minimum atomic E-state index is -0.0437. The van der Waals surface area contributed by atoms with E-state index in [1.807, 2.05) is 5.57 Å². The van der Waals surface area contributed by atoms with Crippen LogP contribution in [0.3, 0.4) is 0 Å². The van der Waals surface area contributed by atoms with Gasteiger partial charge in [0.05, 0.1) is 6.10 Å². The lowest BCUT2D eigenvalue weighted by molar-refractivity contribution is -0.0427. The largest absolute Gasteiger partial charge is 0.393 e. The molecular weight excluding hydrogens is 352 g/mol. The van der Waals surface area contributed by atoms with Crippen LogP contribution in [0, 0.1) is 40.4 Å². The van der Waals surface area contributed by atoms with Crippen LogP contribution < -0.4 is 0 Å². The summed E-state index contributed by atoms with van der Waals surface area (Å²) in [6.45, 7) is 14.7. The van der Waals surface area contributed by atoms with Gasteiger partial charge in [0, 0.05) is 0 Å². The molecule has 1 nitrogen and oxygen atoms in total. The van der Waals surface area contributed by atoms with E-state index in [2.05, 4.69) is 47.6 Å². The lowest BCUT2D eigenvalue weighted by Gasteiger charge is -2.57. The summed E-state index contributed by atoms with van der Waals surface area (Å²) in [5.41, 5.74) is 5.96. The fraction of sp³-hybridized carbons (Fsp3) is 0.857. The molecule has 0 aromatic heterocycles. The summed E-state index contributed by atoms with van der Waals surface area (Å²) in [4.78, 5) is 0. The van der Waals surface area contributed by atoms with Crippen molar-refractivity contribution in [2.75, 3.05) is 0 Å². The Hall–Kier alpha value is -0.560. The standard InChI is InChI=1S/C28H46O/c1-18(2)19(3)7-8-20(4)24-11-12-25-23-10-9-21-17-22(29)13-15-27(21,5)26(23)14-16-28(24,25)6/h10,20-22,24-26,29H,7-9,11-17H2,1-6H3/t20-,21?,22+,24-,25+,26+,27+,28-/m1/s1. The maximum Gasteiger partial charge on any atom is 0.0543 e. The number of aliphatic hydroxyl groups excluding tert-OH is 1. The zero-order valence-electron chi connectivity index (χ0n) is 20.1. The maximum absolute atomic E-state index is 10.2. The topological polar surface area (TPSA) is 20.2 Å². The van der Waals surface area contributed by atoms with E-state index >= 15 is 0 Å². The first-order valence-electron chi connectivity index (χ1n) is 12.7. The molecule has 0 aliphatic heterocycles. The minimum absolute atomic E-state index is 0.0437. The van der Waals surface area contributed by atoms with Gasteiger partial charge in [-0.1, -0.05) is 43.6 Å². The predicted octanol–water partition coefficient (Wildman–Crippen LogP) is 7.70. The quantitative estimate of drug-likeness (QED) is 0.481. The van der Waals surface area contributed by atoms with Crippen molar-refractivity contribution < 1.29 is 5.11 Å². The smallest absolute Gasteiger partial charge is 0.0543 e. The van der Waals surface area contributed by atoms with Crippen LogP contribution in [0.5, 0.6) is 0 Å². The van der Waals surface area contributed by atoms with E-state index < -0.39 is 0 Å². The molecule has 3 saturated carbocycles. The SMILES string of the molecule is CC(C)=C(C)CC[C@@H](C)[C@H]1CC[C@H]2C3=CCC4C[C@@H](O)CC[C@]4(C)[C@H]3CC[C@]12C. The molecule has 0 spiro atoms. The Morgan fingerprint density at radius 1 is 1.03 bits per heavy atom. The average molecular weight is 399 g/mol. The maximum atomic E-state index is 10.2. The van der Waals surface area contributed by atoms with Crippen molar-refractivity contribution in [3.05, 3.63) is 22.8 Å². The van der Waals surface area contributed by atoms with Crippen molar-refractivity contribution in [2.45, 2.75) is 112 Å². The molecule has 4 aliphatic carbocycles. The number of fused-ring (bicyclic) bond motifs is 5. The monoisotopic (exact) mass is 398 g/mol. The first-order valence-corrected chi connectivity index (χ1v) is 12.7. The molecule has 4 rings (SSSR count). The summed E-state index contributed by atoms with van der Waals surface area (Å²) < 4.78 is 0. The van der Waals surface area contributed by atoms with Gasteiger partial charge >= 0.3 is 0 Å². The first kappa shape index (κ1) is 21.7. The molecule has 164 valence electrons. The summed E-state index contributed by atoms with van der Waals surface area (Å²) in [5.74, 6) is 4.09. The Labute approximate surface area is 180 Å². The molecule has 1 N–H and O–H groups in total. The third-order valence-electron chi connectivity index (χ3n) is 10.6. The van der Waals surface area contributed by atoms with Crippen LogP contribution in [0.1, 0.15) is 106 Å². The van der Waals surface area contributed by atoms with Crippen LogP contribution in [0.15, 0.2) is 22.8 Å². The lowest BCUT2D eigenvalue weighted by atomic mass is 9.47. The summed E-state index contributed by atoms with van der Waals surface area (Å²) in [6.07, 6.45) is 15.5. The van der Waals surface area contributed by atoms with E-state index in [-0.39, 0.29) is 6.10 Å². The van der Waals surface area contributed by atoms with Crippen LogP contribution in [0.2, 0.25) is 0 Å². The van der Waals surface area contributed by atoms with Gasteiger partial charge in [0.25, 0.3) is 0 Å². The number of aliphatic hydroxyl groups is 1. The summed E-state index contributed by atoms with van der Waals surface area (Å²) in [5, 5.41) is 10.2. The fourth-order valence-electron chi connectivity index (χ4n) is 8.36. The second kappa shape index (κ2) is 7.85. The van der Waals surface area contributed by atoms with Gasteiger partial charge in [-0.3, -0.25) is 0 Å². The van der Waals surface area contributed by atoms with Gasteiger partial charge in [-0.25, -0.2) is 0 Å². The third kappa shape index (κ3) is 3.58. The molecule has 29 heavy (non-hydrogen) atoms. The van der Waals surface area contributed by atoms with E-state index in [0.717, 1.165) is 36.5 Å². The molecule has 0 bridgehead atoms. The highest BCUT2D eigenvalue weighted by atomic mass is 16.3. The Morgan fingerprint density at radius 3 is 2.45 bits per heavy atom. The molecule has 3 fully saturated rings. The zero-order valence-corrected chi connectivity index (χ0v) is 20.1. The third-order valence-corrected chi connectivity index (χ3v) is 10.6. The van der Waals surface area contributed by atoms with Gasteiger partial charge in [0.15, 0.2) is 0 Å². The Balaban J connectivity index is 1.52. The Bertz CT molecular complexity index is 682. The van der Waals surface area contributed by atoms with Gasteiger partial charge in [-0.2, -0.15) is 0 Å². The number of hydrogen-bond donors (Lipinski definition) is 1. The summed E-state index contributed by atoms with van der Waals surface area (Å²) >= 11 is 0. The van der Waals surface area contributed by atoms with Gasteiger partial charge in [0.2, 0.25) is 0 Å². The normalized spacial score (nSPS) is 44.9. The predicted molar refractivity (Wildman–Crippen MR) is 124 cm³/mol. The van der Waals surface area contributed by atoms with Gasteiger partial charge < -0.3 is 5.11 Å². The molecule has 8 atom stereocenters.